The summed E-state index contributed by atoms with van der Waals surface area (Å²) in [6.07, 6.45) is 0.466. The number of amides is 1. The Balaban J connectivity index is 1.88. The summed E-state index contributed by atoms with van der Waals surface area (Å²) in [4.78, 5) is 25.3. The zero-order chi connectivity index (χ0) is 15.9. The summed E-state index contributed by atoms with van der Waals surface area (Å²) in [6, 6.07) is 13.1. The minimum atomic E-state index is -0.0728. The molecule has 116 valence electrons. The number of rotatable bonds is 7. The van der Waals surface area contributed by atoms with E-state index in [1.807, 2.05) is 35.7 Å². The molecule has 0 spiro atoms. The molecule has 1 aromatic carbocycles. The van der Waals surface area contributed by atoms with E-state index >= 15 is 0 Å². The fraction of sp³-hybridized carbons (Fsp3) is 0.333. The molecule has 0 aliphatic rings. The minimum absolute atomic E-state index is 0.00738. The van der Waals surface area contributed by atoms with Gasteiger partial charge in [-0.25, -0.2) is 0 Å². The monoisotopic (exact) mass is 315 g/mol. The van der Waals surface area contributed by atoms with Crippen LogP contribution in [-0.2, 0) is 4.79 Å². The number of Topliss-reactive ketones (excluding diaryl/α,β-unsaturated/α-hetero) is 1. The van der Waals surface area contributed by atoms with Crippen LogP contribution in [0.4, 0.5) is 0 Å². The number of nitrogens with one attached hydrogen (secondary N) is 1. The maximum Gasteiger partial charge on any atom is 0.220 e. The molecule has 0 saturated heterocycles. The lowest BCUT2D eigenvalue weighted by Gasteiger charge is -2.21. The molecule has 0 radical (unpaired) electrons. The highest BCUT2D eigenvalue weighted by molar-refractivity contribution is 7.10. The third-order valence-corrected chi connectivity index (χ3v) is 4.46. The van der Waals surface area contributed by atoms with Crippen molar-refractivity contribution in [2.45, 2.75) is 32.7 Å². The zero-order valence-corrected chi connectivity index (χ0v) is 13.7. The summed E-state index contributed by atoms with van der Waals surface area (Å²) in [7, 11) is 0. The zero-order valence-electron chi connectivity index (χ0n) is 12.9. The normalized spacial score (nSPS) is 12.1. The number of hydrogen-bond acceptors (Lipinski definition) is 3. The van der Waals surface area contributed by atoms with Crippen LogP contribution in [0.3, 0.4) is 0 Å². The van der Waals surface area contributed by atoms with Gasteiger partial charge in [0.1, 0.15) is 0 Å². The van der Waals surface area contributed by atoms with Crippen molar-refractivity contribution in [3.05, 3.63) is 58.3 Å². The highest BCUT2D eigenvalue weighted by Crippen LogP contribution is 2.25. The maximum atomic E-state index is 12.1. The molecule has 4 heteroatoms. The molecule has 1 heterocycles. The van der Waals surface area contributed by atoms with Crippen molar-refractivity contribution in [1.29, 1.82) is 0 Å². The summed E-state index contributed by atoms with van der Waals surface area (Å²) in [5, 5.41) is 5.05. The molecule has 0 unspecified atom stereocenters. The molecule has 1 aromatic heterocycles. The van der Waals surface area contributed by atoms with Gasteiger partial charge in [-0.15, -0.1) is 11.3 Å². The molecule has 0 aliphatic heterocycles. The molecule has 0 fully saturated rings. The van der Waals surface area contributed by atoms with E-state index in [1.54, 1.807) is 23.5 Å². The minimum Gasteiger partial charge on any atom is -0.348 e. The van der Waals surface area contributed by atoms with Crippen LogP contribution in [0.25, 0.3) is 0 Å². The largest absolute Gasteiger partial charge is 0.348 e. The van der Waals surface area contributed by atoms with Crippen LogP contribution >= 0.6 is 11.3 Å². The standard InChI is InChI=1S/C18H21NO2S/c1-13(2)18(16-9-6-12-22-16)19-17(21)11-10-15(20)14-7-4-3-5-8-14/h3-9,12-13,18H,10-11H2,1-2H3,(H,19,21)/t18-/m1/s1. The van der Waals surface area contributed by atoms with Crippen LogP contribution in [0.1, 0.15) is 48.0 Å². The second-order valence-electron chi connectivity index (χ2n) is 5.59. The highest BCUT2D eigenvalue weighted by Gasteiger charge is 2.19. The van der Waals surface area contributed by atoms with Crippen LogP contribution in [-0.4, -0.2) is 11.7 Å². The van der Waals surface area contributed by atoms with Gasteiger partial charge in [0.15, 0.2) is 5.78 Å². The van der Waals surface area contributed by atoms with E-state index in [2.05, 4.69) is 19.2 Å². The predicted molar refractivity (Wildman–Crippen MR) is 90.0 cm³/mol. The number of benzene rings is 1. The molecule has 1 amide bonds. The van der Waals surface area contributed by atoms with Crippen LogP contribution in [0, 0.1) is 5.92 Å². The second kappa shape index (κ2) is 7.90. The fourth-order valence-corrected chi connectivity index (χ4v) is 3.22. The van der Waals surface area contributed by atoms with Crippen molar-refractivity contribution in [1.82, 2.24) is 5.32 Å². The first-order valence-corrected chi connectivity index (χ1v) is 8.37. The Morgan fingerprint density at radius 3 is 2.36 bits per heavy atom. The number of thiophene rings is 1. The van der Waals surface area contributed by atoms with Gasteiger partial charge in [0, 0.05) is 23.3 Å². The molecule has 1 atom stereocenters. The second-order valence-corrected chi connectivity index (χ2v) is 6.57. The molecule has 0 aliphatic carbocycles. The molecular formula is C18H21NO2S. The quantitative estimate of drug-likeness (QED) is 0.777. The van der Waals surface area contributed by atoms with Crippen molar-refractivity contribution in [3.63, 3.8) is 0 Å². The lowest BCUT2D eigenvalue weighted by atomic mass is 10.0. The molecule has 2 aromatic rings. The van der Waals surface area contributed by atoms with E-state index in [9.17, 15) is 9.59 Å². The molecule has 0 bridgehead atoms. The molecule has 3 nitrogen and oxygen atoms in total. The number of carbonyl (C=O) groups is 2. The van der Waals surface area contributed by atoms with Gasteiger partial charge in [0.2, 0.25) is 5.91 Å². The molecule has 2 rings (SSSR count). The number of hydrogen-bond donors (Lipinski definition) is 1. The maximum absolute atomic E-state index is 12.1. The fourth-order valence-electron chi connectivity index (χ4n) is 2.28. The number of ketones is 1. The van der Waals surface area contributed by atoms with Gasteiger partial charge >= 0.3 is 0 Å². The van der Waals surface area contributed by atoms with Gasteiger partial charge in [-0.05, 0) is 17.4 Å². The Kier molecular flexibility index (Phi) is 5.90. The van der Waals surface area contributed by atoms with Crippen molar-refractivity contribution < 1.29 is 9.59 Å². The smallest absolute Gasteiger partial charge is 0.220 e. The van der Waals surface area contributed by atoms with Gasteiger partial charge < -0.3 is 5.32 Å². The van der Waals surface area contributed by atoms with Gasteiger partial charge in [0.05, 0.1) is 6.04 Å². The van der Waals surface area contributed by atoms with Crippen LogP contribution in [0.2, 0.25) is 0 Å². The lowest BCUT2D eigenvalue weighted by molar-refractivity contribution is -0.122. The predicted octanol–water partition coefficient (Wildman–Crippen LogP) is 4.22. The summed E-state index contributed by atoms with van der Waals surface area (Å²) >= 11 is 1.64. The van der Waals surface area contributed by atoms with Gasteiger partial charge in [-0.1, -0.05) is 50.2 Å². The van der Waals surface area contributed by atoms with E-state index in [1.165, 1.54) is 0 Å². The lowest BCUT2D eigenvalue weighted by Crippen LogP contribution is -2.31. The Morgan fingerprint density at radius 2 is 1.77 bits per heavy atom. The molecule has 0 saturated carbocycles. The Bertz CT molecular complexity index is 605. The van der Waals surface area contributed by atoms with Crippen LogP contribution in [0.15, 0.2) is 47.8 Å². The van der Waals surface area contributed by atoms with E-state index in [4.69, 9.17) is 0 Å². The van der Waals surface area contributed by atoms with Gasteiger partial charge in [-0.3, -0.25) is 9.59 Å². The van der Waals surface area contributed by atoms with E-state index in [0.29, 0.717) is 11.5 Å². The van der Waals surface area contributed by atoms with Crippen molar-refractivity contribution in [3.8, 4) is 0 Å². The first-order chi connectivity index (χ1) is 10.6. The van der Waals surface area contributed by atoms with Crippen LogP contribution in [0.5, 0.6) is 0 Å². The summed E-state index contributed by atoms with van der Waals surface area (Å²) in [5.74, 6) is 0.247. The van der Waals surface area contributed by atoms with E-state index < -0.39 is 0 Å². The molecule has 22 heavy (non-hydrogen) atoms. The van der Waals surface area contributed by atoms with Crippen molar-refractivity contribution in [2.75, 3.05) is 0 Å². The van der Waals surface area contributed by atoms with Crippen molar-refractivity contribution >= 4 is 23.0 Å². The van der Waals surface area contributed by atoms with Crippen LogP contribution < -0.4 is 5.32 Å². The van der Waals surface area contributed by atoms with Crippen molar-refractivity contribution in [2.24, 2.45) is 5.92 Å². The Labute approximate surface area is 135 Å². The molecule has 1 N–H and O–H groups in total. The molecular weight excluding hydrogens is 294 g/mol. The van der Waals surface area contributed by atoms with Gasteiger partial charge in [-0.2, -0.15) is 0 Å². The Morgan fingerprint density at radius 1 is 1.05 bits per heavy atom. The first-order valence-electron chi connectivity index (χ1n) is 7.49. The SMILES string of the molecule is CC(C)[C@@H](NC(=O)CCC(=O)c1ccccc1)c1cccs1. The third kappa shape index (κ3) is 4.53. The summed E-state index contributed by atoms with van der Waals surface area (Å²) in [6.45, 7) is 4.17. The number of carbonyl (C=O) groups excluding carboxylic acids is 2. The van der Waals surface area contributed by atoms with Gasteiger partial charge in [0.25, 0.3) is 0 Å². The average molecular weight is 315 g/mol. The third-order valence-electron chi connectivity index (χ3n) is 3.51. The summed E-state index contributed by atoms with van der Waals surface area (Å²) < 4.78 is 0. The average Bonchev–Trinajstić information content (AvgIpc) is 3.04. The van der Waals surface area contributed by atoms with E-state index in [-0.39, 0.29) is 30.6 Å². The first kappa shape index (κ1) is 16.4. The topological polar surface area (TPSA) is 46.2 Å². The Hall–Kier alpha value is -1.94. The van der Waals surface area contributed by atoms with E-state index in [0.717, 1.165) is 4.88 Å². The highest BCUT2D eigenvalue weighted by atomic mass is 32.1. The summed E-state index contributed by atoms with van der Waals surface area (Å²) in [5.41, 5.74) is 0.661.